The number of hydrogen-bond acceptors (Lipinski definition) is 8. The molecule has 2 bridgehead atoms. The summed E-state index contributed by atoms with van der Waals surface area (Å²) < 4.78 is 9.83. The molecule has 1 aromatic rings. The number of thioether (sulfide) groups is 1. The third kappa shape index (κ3) is 6.55. The van der Waals surface area contributed by atoms with Crippen molar-refractivity contribution in [3.05, 3.63) is 49.6 Å². The summed E-state index contributed by atoms with van der Waals surface area (Å²) in [7, 11) is 0. The van der Waals surface area contributed by atoms with E-state index >= 15 is 0 Å². The Morgan fingerprint density at radius 3 is 2.42 bits per heavy atom. The molecular formula is C37H54N4O6S. The molecule has 1 aromatic carbocycles. The van der Waals surface area contributed by atoms with E-state index in [1.807, 2.05) is 49.9 Å². The van der Waals surface area contributed by atoms with Gasteiger partial charge in [-0.25, -0.2) is 0 Å². The van der Waals surface area contributed by atoms with E-state index in [0.29, 0.717) is 58.0 Å². The van der Waals surface area contributed by atoms with E-state index in [1.165, 1.54) is 0 Å². The number of carbonyl (C=O) groups excluding carboxylic acids is 3. The van der Waals surface area contributed by atoms with Crippen molar-refractivity contribution in [2.24, 2.45) is 17.8 Å². The van der Waals surface area contributed by atoms with Gasteiger partial charge in [-0.3, -0.25) is 19.3 Å². The van der Waals surface area contributed by atoms with Gasteiger partial charge >= 0.3 is 0 Å². The quantitative estimate of drug-likeness (QED) is 0.263. The SMILES string of the molecule is C=CCN(CCN1CCOCC1)C(=O)C1N([C@@H](CO)[C@@H](C)CC)C(=O)[C@@H]2[C@@H](C(=O)N(CC=C)c3ccc(OCC)cc3)[C@@]3(C)CCC12S3. The van der Waals surface area contributed by atoms with Gasteiger partial charge in [-0.2, -0.15) is 0 Å². The van der Waals surface area contributed by atoms with E-state index in [1.54, 1.807) is 33.7 Å². The molecule has 264 valence electrons. The molecule has 3 amide bonds. The van der Waals surface area contributed by atoms with Gasteiger partial charge < -0.3 is 29.3 Å². The number of carbonyl (C=O) groups is 3. The molecule has 0 aliphatic carbocycles. The molecule has 4 heterocycles. The van der Waals surface area contributed by atoms with E-state index in [-0.39, 0.29) is 36.8 Å². The summed E-state index contributed by atoms with van der Waals surface area (Å²) in [6, 6.07) is 6.09. The van der Waals surface area contributed by atoms with Gasteiger partial charge in [0.1, 0.15) is 11.8 Å². The summed E-state index contributed by atoms with van der Waals surface area (Å²) in [5, 5.41) is 10.8. The van der Waals surface area contributed by atoms with E-state index in [9.17, 15) is 19.5 Å². The largest absolute Gasteiger partial charge is 0.494 e. The van der Waals surface area contributed by atoms with Crippen molar-refractivity contribution < 1.29 is 29.0 Å². The van der Waals surface area contributed by atoms with Crippen molar-refractivity contribution in [1.29, 1.82) is 0 Å². The molecule has 4 saturated heterocycles. The van der Waals surface area contributed by atoms with Crippen LogP contribution in [0, 0.1) is 17.8 Å². The highest BCUT2D eigenvalue weighted by molar-refractivity contribution is 8.02. The molecule has 10 nitrogen and oxygen atoms in total. The number of nitrogens with zero attached hydrogens (tertiary/aromatic N) is 4. The van der Waals surface area contributed by atoms with Crippen LogP contribution < -0.4 is 9.64 Å². The second-order valence-electron chi connectivity index (χ2n) is 13.8. The highest BCUT2D eigenvalue weighted by Gasteiger charge is 2.78. The van der Waals surface area contributed by atoms with Gasteiger partial charge in [-0.05, 0) is 56.9 Å². The van der Waals surface area contributed by atoms with Crippen LogP contribution in [0.1, 0.15) is 47.0 Å². The summed E-state index contributed by atoms with van der Waals surface area (Å²) >= 11 is 1.66. The van der Waals surface area contributed by atoms with E-state index < -0.39 is 33.4 Å². The number of likely N-dealkylation sites (tertiary alicyclic amines) is 1. The van der Waals surface area contributed by atoms with Gasteiger partial charge in [0.25, 0.3) is 0 Å². The van der Waals surface area contributed by atoms with Crippen LogP contribution in [-0.2, 0) is 19.1 Å². The summed E-state index contributed by atoms with van der Waals surface area (Å²) in [5.41, 5.74) is 0.705. The molecule has 7 atom stereocenters. The van der Waals surface area contributed by atoms with Crippen molar-refractivity contribution in [3.63, 3.8) is 0 Å². The number of morpholine rings is 1. The lowest BCUT2D eigenvalue weighted by atomic mass is 9.66. The monoisotopic (exact) mass is 682 g/mol. The van der Waals surface area contributed by atoms with Gasteiger partial charge in [0.05, 0.1) is 49.1 Å². The highest BCUT2D eigenvalue weighted by Crippen LogP contribution is 2.72. The minimum Gasteiger partial charge on any atom is -0.494 e. The molecule has 4 aliphatic rings. The second-order valence-corrected chi connectivity index (χ2v) is 15.7. The fourth-order valence-corrected chi connectivity index (χ4v) is 10.7. The Morgan fingerprint density at radius 1 is 1.12 bits per heavy atom. The van der Waals surface area contributed by atoms with E-state index in [2.05, 4.69) is 25.0 Å². The molecule has 0 radical (unpaired) electrons. The standard InChI is InChI=1S/C37H54N4O6S/c1-7-17-39(20-19-38-21-23-46-24-22-38)35(45)32-37-16-15-36(6,48-37)30(31(37)34(44)41(32)29(25-42)26(5)9-3)33(43)40(18-8-2)27-11-13-28(14-12-27)47-10-4/h7-8,11-14,26,29-32,42H,1-2,9-10,15-25H2,3-6H3/t26-,29-,30-,31-,32?,36+,37?/m0/s1. The molecule has 1 spiro atoms. The maximum absolute atomic E-state index is 15.0. The topological polar surface area (TPSA) is 103 Å². The maximum atomic E-state index is 15.0. The second kappa shape index (κ2) is 15.4. The lowest BCUT2D eigenvalue weighted by Gasteiger charge is -2.41. The Balaban J connectivity index is 1.54. The third-order valence-electron chi connectivity index (χ3n) is 11.0. The summed E-state index contributed by atoms with van der Waals surface area (Å²) in [5.74, 6) is -1.12. The van der Waals surface area contributed by atoms with Crippen molar-refractivity contribution in [2.75, 3.05) is 70.6 Å². The molecule has 0 aromatic heterocycles. The van der Waals surface area contributed by atoms with Crippen LogP contribution in [0.25, 0.3) is 0 Å². The Labute approximate surface area is 290 Å². The molecule has 1 N–H and O–H groups in total. The number of ether oxygens (including phenoxy) is 2. The van der Waals surface area contributed by atoms with Crippen LogP contribution in [0.15, 0.2) is 49.6 Å². The van der Waals surface area contributed by atoms with Gasteiger partial charge in [-0.15, -0.1) is 24.9 Å². The lowest BCUT2D eigenvalue weighted by Crippen LogP contribution is -2.59. The lowest BCUT2D eigenvalue weighted by molar-refractivity contribution is -0.147. The summed E-state index contributed by atoms with van der Waals surface area (Å²) in [6.45, 7) is 21.0. The fraction of sp³-hybridized carbons (Fsp3) is 0.649. The zero-order valence-corrected chi connectivity index (χ0v) is 30.0. The minimum atomic E-state index is -0.797. The summed E-state index contributed by atoms with van der Waals surface area (Å²) in [6.07, 6.45) is 5.54. The van der Waals surface area contributed by atoms with Gasteiger partial charge in [0.2, 0.25) is 17.7 Å². The Hall–Kier alpha value is -2.86. The minimum absolute atomic E-state index is 0.0428. The zero-order chi connectivity index (χ0) is 34.6. The zero-order valence-electron chi connectivity index (χ0n) is 29.1. The first-order valence-electron chi connectivity index (χ1n) is 17.6. The number of hydrogen-bond donors (Lipinski definition) is 1. The van der Waals surface area contributed by atoms with E-state index in [0.717, 1.165) is 25.3 Å². The van der Waals surface area contributed by atoms with Crippen molar-refractivity contribution in [3.8, 4) is 5.75 Å². The normalized spacial score (nSPS) is 29.3. The van der Waals surface area contributed by atoms with Crippen molar-refractivity contribution in [1.82, 2.24) is 14.7 Å². The number of fused-ring (bicyclic) bond motifs is 1. The first-order valence-corrected chi connectivity index (χ1v) is 18.4. The van der Waals surface area contributed by atoms with Crippen LogP contribution >= 0.6 is 11.8 Å². The van der Waals surface area contributed by atoms with Gasteiger partial charge in [0.15, 0.2) is 0 Å². The average molecular weight is 683 g/mol. The van der Waals surface area contributed by atoms with Crippen molar-refractivity contribution >= 4 is 35.2 Å². The van der Waals surface area contributed by atoms with Crippen LogP contribution in [0.2, 0.25) is 0 Å². The smallest absolute Gasteiger partial charge is 0.247 e. The number of rotatable bonds is 16. The molecule has 4 aliphatic heterocycles. The summed E-state index contributed by atoms with van der Waals surface area (Å²) in [4.78, 5) is 52.3. The first-order chi connectivity index (χ1) is 23.1. The van der Waals surface area contributed by atoms with Crippen LogP contribution in [0.5, 0.6) is 5.75 Å². The van der Waals surface area contributed by atoms with Crippen LogP contribution in [0.4, 0.5) is 5.69 Å². The number of amides is 3. The molecule has 48 heavy (non-hydrogen) atoms. The number of anilines is 1. The van der Waals surface area contributed by atoms with Crippen LogP contribution in [-0.4, -0.2) is 125 Å². The molecule has 5 rings (SSSR count). The average Bonchev–Trinajstić information content (AvgIpc) is 3.67. The number of aliphatic hydroxyl groups excluding tert-OH is 1. The Kier molecular flexibility index (Phi) is 11.7. The van der Waals surface area contributed by atoms with Crippen molar-refractivity contribution in [2.45, 2.75) is 68.5 Å². The molecular weight excluding hydrogens is 628 g/mol. The predicted octanol–water partition coefficient (Wildman–Crippen LogP) is 3.84. The Bertz CT molecular complexity index is 1340. The maximum Gasteiger partial charge on any atom is 0.247 e. The van der Waals surface area contributed by atoms with Gasteiger partial charge in [0, 0.05) is 49.7 Å². The van der Waals surface area contributed by atoms with Crippen LogP contribution in [0.3, 0.4) is 0 Å². The first kappa shape index (κ1) is 36.4. The number of benzene rings is 1. The molecule has 11 heteroatoms. The fourth-order valence-electron chi connectivity index (χ4n) is 8.41. The predicted molar refractivity (Wildman–Crippen MR) is 190 cm³/mol. The molecule has 2 unspecified atom stereocenters. The number of aliphatic hydroxyl groups is 1. The molecule has 0 saturated carbocycles. The van der Waals surface area contributed by atoms with E-state index in [4.69, 9.17) is 9.47 Å². The highest BCUT2D eigenvalue weighted by atomic mass is 32.2. The third-order valence-corrected chi connectivity index (χ3v) is 13.0. The van der Waals surface area contributed by atoms with Gasteiger partial charge in [-0.1, -0.05) is 32.4 Å². The Morgan fingerprint density at radius 2 is 1.81 bits per heavy atom. The molecule has 4 fully saturated rings.